The Hall–Kier alpha value is -3.00. The average molecular weight is 398 g/mol. The summed E-state index contributed by atoms with van der Waals surface area (Å²) in [5, 5.41) is 7.12. The molecule has 1 heterocycles. The Balaban J connectivity index is 1.57. The van der Waals surface area contributed by atoms with Crippen LogP contribution in [0.3, 0.4) is 0 Å². The Labute approximate surface area is 168 Å². The molecule has 0 saturated heterocycles. The van der Waals surface area contributed by atoms with Crippen LogP contribution in [0.5, 0.6) is 11.5 Å². The van der Waals surface area contributed by atoms with Crippen molar-refractivity contribution in [2.75, 3.05) is 19.9 Å². The first kappa shape index (κ1) is 19.8. The highest BCUT2D eigenvalue weighted by atomic mass is 32.2. The molecular formula is C20H22N4O3S. The summed E-state index contributed by atoms with van der Waals surface area (Å²) >= 11 is 1.32. The van der Waals surface area contributed by atoms with Crippen molar-refractivity contribution in [3.8, 4) is 11.5 Å². The summed E-state index contributed by atoms with van der Waals surface area (Å²) in [6.45, 7) is 0.943. The molecule has 0 fully saturated rings. The van der Waals surface area contributed by atoms with Crippen LogP contribution >= 0.6 is 11.8 Å². The summed E-state index contributed by atoms with van der Waals surface area (Å²) in [7, 11) is 3.38. The second kappa shape index (κ2) is 9.80. The van der Waals surface area contributed by atoms with Gasteiger partial charge in [0.25, 0.3) is 0 Å². The number of aromatic amines is 1. The third-order valence-electron chi connectivity index (χ3n) is 4.04. The SMILES string of the molecule is COc1cc(CN(C)C(=O)CSc2ncn[nH]2)ccc1OCc1ccccc1. The Morgan fingerprint density at radius 3 is 2.68 bits per heavy atom. The predicted octanol–water partition coefficient (Wildman–Crippen LogP) is 3.14. The van der Waals surface area contributed by atoms with Gasteiger partial charge in [0.2, 0.25) is 5.91 Å². The normalized spacial score (nSPS) is 10.5. The Morgan fingerprint density at radius 1 is 1.14 bits per heavy atom. The molecule has 3 aromatic rings. The quantitative estimate of drug-likeness (QED) is 0.558. The maximum atomic E-state index is 12.3. The van der Waals surface area contributed by atoms with Gasteiger partial charge in [-0.15, -0.1) is 0 Å². The minimum atomic E-state index is 0.00442. The molecular weight excluding hydrogens is 376 g/mol. The highest BCUT2D eigenvalue weighted by Gasteiger charge is 2.13. The van der Waals surface area contributed by atoms with E-state index in [2.05, 4.69) is 15.2 Å². The molecule has 1 amide bonds. The summed E-state index contributed by atoms with van der Waals surface area (Å²) in [5.74, 6) is 1.61. The van der Waals surface area contributed by atoms with E-state index in [0.29, 0.717) is 35.6 Å². The monoisotopic (exact) mass is 398 g/mol. The molecule has 3 rings (SSSR count). The molecule has 0 bridgehead atoms. The van der Waals surface area contributed by atoms with Crippen molar-refractivity contribution in [1.82, 2.24) is 20.1 Å². The zero-order chi connectivity index (χ0) is 19.8. The number of rotatable bonds is 9. The molecule has 0 atom stereocenters. The number of H-pyrrole nitrogens is 1. The van der Waals surface area contributed by atoms with Crippen molar-refractivity contribution in [3.05, 3.63) is 66.0 Å². The Kier molecular flexibility index (Phi) is 6.91. The predicted molar refractivity (Wildman–Crippen MR) is 107 cm³/mol. The fourth-order valence-electron chi connectivity index (χ4n) is 2.53. The molecule has 0 saturated carbocycles. The van der Waals surface area contributed by atoms with Gasteiger partial charge in [-0.05, 0) is 23.3 Å². The summed E-state index contributed by atoms with van der Waals surface area (Å²) in [4.78, 5) is 18.0. The number of carbonyl (C=O) groups excluding carboxylic acids is 1. The van der Waals surface area contributed by atoms with Gasteiger partial charge in [0.1, 0.15) is 12.9 Å². The maximum absolute atomic E-state index is 12.3. The van der Waals surface area contributed by atoms with Gasteiger partial charge >= 0.3 is 0 Å². The van der Waals surface area contributed by atoms with E-state index in [1.54, 1.807) is 19.1 Å². The Morgan fingerprint density at radius 2 is 1.96 bits per heavy atom. The van der Waals surface area contributed by atoms with Gasteiger partial charge in [-0.25, -0.2) is 4.98 Å². The molecule has 0 radical (unpaired) electrons. The lowest BCUT2D eigenvalue weighted by molar-refractivity contribution is -0.127. The highest BCUT2D eigenvalue weighted by molar-refractivity contribution is 7.99. The third kappa shape index (κ3) is 5.50. The number of methoxy groups -OCH3 is 1. The van der Waals surface area contributed by atoms with Crippen molar-refractivity contribution in [1.29, 1.82) is 0 Å². The van der Waals surface area contributed by atoms with Crippen LogP contribution in [0.15, 0.2) is 60.0 Å². The van der Waals surface area contributed by atoms with E-state index in [1.807, 2.05) is 48.5 Å². The van der Waals surface area contributed by atoms with E-state index in [9.17, 15) is 4.79 Å². The lowest BCUT2D eigenvalue weighted by Crippen LogP contribution is -2.27. The largest absolute Gasteiger partial charge is 0.493 e. The van der Waals surface area contributed by atoms with E-state index in [-0.39, 0.29) is 5.91 Å². The van der Waals surface area contributed by atoms with Gasteiger partial charge in [0.15, 0.2) is 16.7 Å². The topological polar surface area (TPSA) is 80.3 Å². The number of hydrogen-bond acceptors (Lipinski definition) is 6. The minimum Gasteiger partial charge on any atom is -0.493 e. The van der Waals surface area contributed by atoms with Gasteiger partial charge in [0.05, 0.1) is 12.9 Å². The van der Waals surface area contributed by atoms with E-state index < -0.39 is 0 Å². The number of aromatic nitrogens is 3. The standard InChI is InChI=1S/C20H22N4O3S/c1-24(19(25)13-28-20-21-14-22-23-20)11-16-8-9-17(18(10-16)26-2)27-12-15-6-4-3-5-7-15/h3-10,14H,11-13H2,1-2H3,(H,21,22,23). The van der Waals surface area contributed by atoms with Crippen molar-refractivity contribution >= 4 is 17.7 Å². The number of carbonyl (C=O) groups is 1. The average Bonchev–Trinajstić information content (AvgIpc) is 3.25. The van der Waals surface area contributed by atoms with E-state index >= 15 is 0 Å². The number of nitrogens with one attached hydrogen (secondary N) is 1. The second-order valence-corrected chi connectivity index (χ2v) is 7.05. The van der Waals surface area contributed by atoms with Crippen LogP contribution in [0.25, 0.3) is 0 Å². The number of thioether (sulfide) groups is 1. The third-order valence-corrected chi connectivity index (χ3v) is 4.90. The van der Waals surface area contributed by atoms with Crippen LogP contribution in [0.4, 0.5) is 0 Å². The van der Waals surface area contributed by atoms with Gasteiger partial charge in [-0.1, -0.05) is 48.2 Å². The van der Waals surface area contributed by atoms with Crippen LogP contribution in [0.1, 0.15) is 11.1 Å². The fourth-order valence-corrected chi connectivity index (χ4v) is 3.25. The summed E-state index contributed by atoms with van der Waals surface area (Å²) in [6.07, 6.45) is 1.42. The van der Waals surface area contributed by atoms with Gasteiger partial charge in [0, 0.05) is 13.6 Å². The lowest BCUT2D eigenvalue weighted by Gasteiger charge is -2.18. The van der Waals surface area contributed by atoms with Crippen molar-refractivity contribution in [2.24, 2.45) is 0 Å². The molecule has 0 aliphatic rings. The second-order valence-electron chi connectivity index (χ2n) is 6.09. The molecule has 1 N–H and O–H groups in total. The van der Waals surface area contributed by atoms with E-state index in [0.717, 1.165) is 11.1 Å². The zero-order valence-electron chi connectivity index (χ0n) is 15.8. The molecule has 2 aromatic carbocycles. The van der Waals surface area contributed by atoms with Gasteiger partial charge in [-0.3, -0.25) is 9.89 Å². The molecule has 0 spiro atoms. The number of ether oxygens (including phenoxy) is 2. The number of benzene rings is 2. The van der Waals surface area contributed by atoms with Crippen molar-refractivity contribution in [2.45, 2.75) is 18.3 Å². The van der Waals surface area contributed by atoms with Crippen molar-refractivity contribution in [3.63, 3.8) is 0 Å². The molecule has 0 unspecified atom stereocenters. The summed E-state index contributed by atoms with van der Waals surface area (Å²) in [5.41, 5.74) is 2.05. The molecule has 0 aliphatic carbocycles. The molecule has 28 heavy (non-hydrogen) atoms. The van der Waals surface area contributed by atoms with Crippen LogP contribution in [0, 0.1) is 0 Å². The summed E-state index contributed by atoms with van der Waals surface area (Å²) < 4.78 is 11.3. The number of nitrogens with zero attached hydrogens (tertiary/aromatic N) is 3. The van der Waals surface area contributed by atoms with Crippen molar-refractivity contribution < 1.29 is 14.3 Å². The maximum Gasteiger partial charge on any atom is 0.233 e. The molecule has 1 aromatic heterocycles. The smallest absolute Gasteiger partial charge is 0.233 e. The lowest BCUT2D eigenvalue weighted by atomic mass is 10.2. The van der Waals surface area contributed by atoms with Crippen LogP contribution < -0.4 is 9.47 Å². The van der Waals surface area contributed by atoms with E-state index in [4.69, 9.17) is 9.47 Å². The first-order chi connectivity index (χ1) is 13.7. The van der Waals surface area contributed by atoms with Crippen LogP contribution in [0.2, 0.25) is 0 Å². The van der Waals surface area contributed by atoms with Crippen LogP contribution in [-0.2, 0) is 17.9 Å². The number of hydrogen-bond donors (Lipinski definition) is 1. The van der Waals surface area contributed by atoms with Gasteiger partial charge in [-0.2, -0.15) is 5.10 Å². The zero-order valence-corrected chi connectivity index (χ0v) is 16.6. The molecule has 146 valence electrons. The minimum absolute atomic E-state index is 0.00442. The first-order valence-electron chi connectivity index (χ1n) is 8.71. The fraction of sp³-hybridized carbons (Fsp3) is 0.250. The molecule has 7 nitrogen and oxygen atoms in total. The Bertz CT molecular complexity index is 888. The summed E-state index contributed by atoms with van der Waals surface area (Å²) in [6, 6.07) is 15.7. The van der Waals surface area contributed by atoms with Gasteiger partial charge < -0.3 is 14.4 Å². The highest BCUT2D eigenvalue weighted by Crippen LogP contribution is 2.29. The number of amides is 1. The van der Waals surface area contributed by atoms with E-state index in [1.165, 1.54) is 18.1 Å². The molecule has 0 aliphatic heterocycles. The van der Waals surface area contributed by atoms with Crippen LogP contribution in [-0.4, -0.2) is 45.9 Å². The molecule has 8 heteroatoms. The first-order valence-corrected chi connectivity index (χ1v) is 9.70.